The van der Waals surface area contributed by atoms with Gasteiger partial charge in [0.25, 0.3) is 5.56 Å². The van der Waals surface area contributed by atoms with Crippen LogP contribution in [0.5, 0.6) is 0 Å². The van der Waals surface area contributed by atoms with Crippen molar-refractivity contribution < 1.29 is 13.6 Å². The molecule has 2 aromatic rings. The van der Waals surface area contributed by atoms with Crippen LogP contribution in [0.15, 0.2) is 41.3 Å². The zero-order valence-electron chi connectivity index (χ0n) is 9.19. The monoisotopic (exact) mass is 248 g/mol. The van der Waals surface area contributed by atoms with E-state index in [1.54, 1.807) is 0 Å². The third kappa shape index (κ3) is 2.34. The first-order valence-corrected chi connectivity index (χ1v) is 5.13. The second kappa shape index (κ2) is 4.91. The van der Waals surface area contributed by atoms with E-state index in [0.717, 1.165) is 12.1 Å². The number of halogens is 2. The highest BCUT2D eigenvalue weighted by Crippen LogP contribution is 2.09. The summed E-state index contributed by atoms with van der Waals surface area (Å²) in [6.45, 7) is 0.0611. The quantitative estimate of drug-likeness (QED) is 0.828. The van der Waals surface area contributed by atoms with Gasteiger partial charge in [0.05, 0.1) is 12.1 Å². The minimum absolute atomic E-state index is 0.0611. The van der Waals surface area contributed by atoms with Crippen molar-refractivity contribution in [3.05, 3.63) is 69.6 Å². The van der Waals surface area contributed by atoms with Crippen LogP contribution in [-0.4, -0.2) is 10.9 Å². The number of aromatic nitrogens is 1. The maximum Gasteiger partial charge on any atom is 0.262 e. The van der Waals surface area contributed by atoms with Gasteiger partial charge in [-0.1, -0.05) is 6.07 Å². The van der Waals surface area contributed by atoms with Crippen LogP contribution < -0.4 is 5.56 Å². The molecule has 0 aliphatic heterocycles. The molecule has 0 bridgehead atoms. The van der Waals surface area contributed by atoms with Gasteiger partial charge in [-0.15, -0.1) is 0 Å². The van der Waals surface area contributed by atoms with Crippen molar-refractivity contribution >= 4 is 6.29 Å². The van der Waals surface area contributed by atoms with E-state index in [0.29, 0.717) is 5.56 Å². The summed E-state index contributed by atoms with van der Waals surface area (Å²) in [6.07, 6.45) is 2.99. The lowest BCUT2D eigenvalue weighted by atomic mass is 10.2. The van der Waals surface area contributed by atoms with Gasteiger partial charge in [0, 0.05) is 6.20 Å². The summed E-state index contributed by atoms with van der Waals surface area (Å²) < 4.78 is 27.0. The van der Waals surface area contributed by atoms with Gasteiger partial charge in [-0.05, 0) is 29.8 Å². The first-order valence-electron chi connectivity index (χ1n) is 5.13. The summed E-state index contributed by atoms with van der Waals surface area (Å²) in [6, 6.07) is 6.24. The molecule has 0 saturated heterocycles. The molecule has 91 valence electrons. The van der Waals surface area contributed by atoms with E-state index in [-0.39, 0.29) is 12.1 Å². The maximum atomic E-state index is 13.0. The minimum Gasteiger partial charge on any atom is -0.310 e. The number of benzene rings is 1. The molecule has 1 heterocycles. The van der Waals surface area contributed by atoms with E-state index in [4.69, 9.17) is 0 Å². The summed E-state index contributed by atoms with van der Waals surface area (Å²) in [4.78, 5) is 22.2. The van der Waals surface area contributed by atoms with Gasteiger partial charge < -0.3 is 4.57 Å². The summed E-state index contributed by atoms with van der Waals surface area (Å²) in [5.41, 5.74) is -0.184. The molecule has 0 fully saturated rings. The van der Waals surface area contributed by atoms with Gasteiger partial charge in [0.15, 0.2) is 11.6 Å². The molecule has 1 aromatic heterocycles. The summed E-state index contributed by atoms with van der Waals surface area (Å²) in [7, 11) is 0. The minimum atomic E-state index is -0.973. The maximum absolute atomic E-state index is 13.0. The third-order valence-electron chi connectivity index (χ3n) is 2.47. The van der Waals surface area contributed by atoms with Crippen LogP contribution in [0.4, 0.5) is 8.78 Å². The first kappa shape index (κ1) is 12.2. The van der Waals surface area contributed by atoms with Crippen LogP contribution in [0.1, 0.15) is 11.1 Å². The lowest BCUT2D eigenvalue weighted by molar-refractivity contribution is 0.506. The van der Waals surface area contributed by atoms with E-state index in [2.05, 4.69) is 0 Å². The molecule has 3 nitrogen and oxygen atoms in total. The highest BCUT2D eigenvalue weighted by Gasteiger charge is 2.06. The molecule has 2 rings (SSSR count). The predicted molar refractivity (Wildman–Crippen MR) is 61.0 cm³/mol. The lowest BCUT2D eigenvalue weighted by Crippen LogP contribution is -2.23. The first-order chi connectivity index (χ1) is 8.61. The van der Waals surface area contributed by atoms with E-state index in [1.807, 2.05) is 0 Å². The Morgan fingerprint density at radius 2 is 1.94 bits per heavy atom. The Morgan fingerprint density at radius 3 is 2.61 bits per heavy atom. The van der Waals surface area contributed by atoms with Gasteiger partial charge in [-0.3, -0.25) is 9.59 Å². The SMILES string of the molecule is O=[C]c1cccn(Cc2ccc(F)c(F)c2)c1=O. The summed E-state index contributed by atoms with van der Waals surface area (Å²) in [5.74, 6) is -1.92. The molecule has 1 aromatic carbocycles. The molecule has 0 spiro atoms. The van der Waals surface area contributed by atoms with E-state index >= 15 is 0 Å². The fourth-order valence-electron chi connectivity index (χ4n) is 1.57. The Labute approximate surface area is 101 Å². The Balaban J connectivity index is 2.37. The molecule has 0 atom stereocenters. The van der Waals surface area contributed by atoms with E-state index in [9.17, 15) is 18.4 Å². The number of pyridine rings is 1. The Kier molecular flexibility index (Phi) is 3.32. The number of hydrogen-bond donors (Lipinski definition) is 0. The number of carbonyl (C=O) groups excluding carboxylic acids is 1. The Bertz CT molecular complexity index is 650. The van der Waals surface area contributed by atoms with Gasteiger partial charge in [-0.25, -0.2) is 8.78 Å². The van der Waals surface area contributed by atoms with Crippen LogP contribution in [0.3, 0.4) is 0 Å². The van der Waals surface area contributed by atoms with Crippen LogP contribution in [0, 0.1) is 11.6 Å². The van der Waals surface area contributed by atoms with Crippen LogP contribution in [0.2, 0.25) is 0 Å². The molecule has 0 aliphatic carbocycles. The highest BCUT2D eigenvalue weighted by atomic mass is 19.2. The topological polar surface area (TPSA) is 39.1 Å². The van der Waals surface area contributed by atoms with E-state index in [1.165, 1.54) is 35.2 Å². The Hall–Kier alpha value is -2.30. The van der Waals surface area contributed by atoms with E-state index < -0.39 is 17.2 Å². The van der Waals surface area contributed by atoms with Crippen molar-refractivity contribution in [2.75, 3.05) is 0 Å². The zero-order valence-corrected chi connectivity index (χ0v) is 9.19. The predicted octanol–water partition coefficient (Wildman–Crippen LogP) is 1.63. The molecule has 0 amide bonds. The van der Waals surface area contributed by atoms with Crippen molar-refractivity contribution in [1.29, 1.82) is 0 Å². The average molecular weight is 248 g/mol. The van der Waals surface area contributed by atoms with Crippen molar-refractivity contribution in [3.8, 4) is 0 Å². The van der Waals surface area contributed by atoms with Crippen molar-refractivity contribution in [2.24, 2.45) is 0 Å². The second-order valence-corrected chi connectivity index (χ2v) is 3.71. The second-order valence-electron chi connectivity index (χ2n) is 3.71. The van der Waals surface area contributed by atoms with Gasteiger partial charge in [-0.2, -0.15) is 0 Å². The van der Waals surface area contributed by atoms with Crippen molar-refractivity contribution in [1.82, 2.24) is 4.57 Å². The summed E-state index contributed by atoms with van der Waals surface area (Å²) >= 11 is 0. The van der Waals surface area contributed by atoms with Crippen LogP contribution in [-0.2, 0) is 11.3 Å². The van der Waals surface area contributed by atoms with Gasteiger partial charge in [0.1, 0.15) is 0 Å². The fourth-order valence-corrected chi connectivity index (χ4v) is 1.57. The van der Waals surface area contributed by atoms with Crippen LogP contribution in [0.25, 0.3) is 0 Å². The smallest absolute Gasteiger partial charge is 0.262 e. The normalized spacial score (nSPS) is 10.3. The number of hydrogen-bond acceptors (Lipinski definition) is 2. The van der Waals surface area contributed by atoms with Crippen LogP contribution >= 0.6 is 0 Å². The Morgan fingerprint density at radius 1 is 1.17 bits per heavy atom. The lowest BCUT2D eigenvalue weighted by Gasteiger charge is -2.06. The van der Waals surface area contributed by atoms with Crippen molar-refractivity contribution in [3.63, 3.8) is 0 Å². The number of rotatable bonds is 3. The molecule has 18 heavy (non-hydrogen) atoms. The largest absolute Gasteiger partial charge is 0.310 e. The molecule has 5 heteroatoms. The molecule has 0 unspecified atom stereocenters. The standard InChI is InChI=1S/C13H8F2NO2/c14-11-4-3-9(6-12(11)15)7-16-5-1-2-10(8-17)13(16)18/h1-6H,7H2. The average Bonchev–Trinajstić information content (AvgIpc) is 2.36. The van der Waals surface area contributed by atoms with Gasteiger partial charge in [0.2, 0.25) is 6.29 Å². The fraction of sp³-hybridized carbons (Fsp3) is 0.0769. The zero-order chi connectivity index (χ0) is 13.1. The molecule has 0 N–H and O–H groups in total. The highest BCUT2D eigenvalue weighted by molar-refractivity contribution is 5.74. The molecule has 1 radical (unpaired) electrons. The van der Waals surface area contributed by atoms with Gasteiger partial charge >= 0.3 is 0 Å². The molecular formula is C13H8F2NO2. The molecule has 0 saturated carbocycles. The van der Waals surface area contributed by atoms with Crippen molar-refractivity contribution in [2.45, 2.75) is 6.54 Å². The third-order valence-corrected chi connectivity index (χ3v) is 2.47. The molecule has 0 aliphatic rings. The molecular weight excluding hydrogens is 240 g/mol. The number of nitrogens with zero attached hydrogens (tertiary/aromatic N) is 1. The summed E-state index contributed by atoms with van der Waals surface area (Å²) in [5, 5.41) is 0.